The number of nitriles is 1. The number of anilines is 1. The van der Waals surface area contributed by atoms with Crippen molar-refractivity contribution >= 4 is 17.6 Å². The molecule has 2 rings (SSSR count). The molecule has 0 aliphatic carbocycles. The molecule has 1 heterocycles. The fourth-order valence-electron chi connectivity index (χ4n) is 2.46. The Labute approximate surface area is 149 Å². The van der Waals surface area contributed by atoms with Crippen LogP contribution in [-0.4, -0.2) is 44.9 Å². The van der Waals surface area contributed by atoms with Crippen LogP contribution in [0.25, 0.3) is 5.69 Å². The Morgan fingerprint density at radius 1 is 1.08 bits per heavy atom. The van der Waals surface area contributed by atoms with Crippen molar-refractivity contribution in [2.24, 2.45) is 0 Å². The molecule has 0 saturated heterocycles. The van der Waals surface area contributed by atoms with Crippen LogP contribution in [0.1, 0.15) is 26.4 Å². The van der Waals surface area contributed by atoms with Gasteiger partial charge in [-0.1, -0.05) is 0 Å². The Morgan fingerprint density at radius 3 is 2.23 bits per heavy atom. The monoisotopic (exact) mass is 359 g/mol. The fraction of sp³-hybridized carbons (Fsp3) is 0.235. The average Bonchev–Trinajstić information content (AvgIpc) is 3.01. The minimum absolute atomic E-state index is 0.0520. The van der Waals surface area contributed by atoms with Crippen LogP contribution in [0.5, 0.6) is 11.5 Å². The first-order valence-corrected chi connectivity index (χ1v) is 7.27. The zero-order valence-corrected chi connectivity index (χ0v) is 14.7. The zero-order valence-electron chi connectivity index (χ0n) is 14.7. The van der Waals surface area contributed by atoms with E-state index in [1.165, 1.54) is 51.3 Å². The highest BCUT2D eigenvalue weighted by molar-refractivity contribution is 5.97. The third-order valence-corrected chi connectivity index (χ3v) is 3.68. The molecular formula is C17H17N3O6. The van der Waals surface area contributed by atoms with Crippen LogP contribution < -0.4 is 15.2 Å². The first kappa shape index (κ1) is 18.7. The number of hydrogen-bond donors (Lipinski definition) is 1. The number of rotatable bonds is 5. The van der Waals surface area contributed by atoms with Crippen molar-refractivity contribution < 1.29 is 28.5 Å². The summed E-state index contributed by atoms with van der Waals surface area (Å²) in [6, 6.07) is 4.77. The smallest absolute Gasteiger partial charge is 0.357 e. The van der Waals surface area contributed by atoms with Crippen molar-refractivity contribution in [3.8, 4) is 23.3 Å². The van der Waals surface area contributed by atoms with Crippen LogP contribution in [0, 0.1) is 11.3 Å². The summed E-state index contributed by atoms with van der Waals surface area (Å²) in [6.07, 6.45) is 1.35. The Kier molecular flexibility index (Phi) is 5.37. The van der Waals surface area contributed by atoms with Gasteiger partial charge in [-0.25, -0.2) is 9.59 Å². The number of benzene rings is 1. The Morgan fingerprint density at radius 2 is 1.73 bits per heavy atom. The number of nitrogens with two attached hydrogens (primary N) is 1. The second-order valence-electron chi connectivity index (χ2n) is 5.00. The topological polar surface area (TPSA) is 126 Å². The van der Waals surface area contributed by atoms with Gasteiger partial charge in [-0.2, -0.15) is 5.26 Å². The van der Waals surface area contributed by atoms with Crippen molar-refractivity contribution in [2.45, 2.75) is 0 Å². The highest BCUT2D eigenvalue weighted by Crippen LogP contribution is 2.38. The van der Waals surface area contributed by atoms with Crippen molar-refractivity contribution in [2.75, 3.05) is 34.2 Å². The van der Waals surface area contributed by atoms with E-state index >= 15 is 0 Å². The Balaban J connectivity index is 2.89. The van der Waals surface area contributed by atoms with Gasteiger partial charge >= 0.3 is 11.9 Å². The Hall–Kier alpha value is -3.67. The summed E-state index contributed by atoms with van der Waals surface area (Å²) in [6.45, 7) is 0. The molecule has 2 aromatic rings. The normalized spacial score (nSPS) is 9.96. The summed E-state index contributed by atoms with van der Waals surface area (Å²) in [5.74, 6) is -0.919. The van der Waals surface area contributed by atoms with Crippen molar-refractivity contribution in [1.29, 1.82) is 5.26 Å². The molecule has 0 aliphatic heterocycles. The van der Waals surface area contributed by atoms with Gasteiger partial charge < -0.3 is 29.2 Å². The molecule has 0 amide bonds. The predicted octanol–water partition coefficient (Wildman–Crippen LogP) is 1.52. The standard InChI is InChI=1S/C17H17N3O6/c1-23-12-6-9(16(21)25-3)5-11(15(12)24-2)20-8-10(7-18)13(19)14(20)17(22)26-4/h5-6,8H,19H2,1-4H3. The predicted molar refractivity (Wildman–Crippen MR) is 90.7 cm³/mol. The van der Waals surface area contributed by atoms with E-state index in [4.69, 9.17) is 24.7 Å². The average molecular weight is 359 g/mol. The van der Waals surface area contributed by atoms with Gasteiger partial charge in [0.15, 0.2) is 17.2 Å². The number of esters is 2. The number of carbonyl (C=O) groups is 2. The van der Waals surface area contributed by atoms with Crippen molar-refractivity contribution in [1.82, 2.24) is 4.57 Å². The lowest BCUT2D eigenvalue weighted by molar-refractivity contribution is 0.0588. The molecule has 9 heteroatoms. The molecule has 0 saturated carbocycles. The van der Waals surface area contributed by atoms with Crippen LogP contribution in [0.4, 0.5) is 5.69 Å². The molecule has 136 valence electrons. The number of methoxy groups -OCH3 is 4. The third kappa shape index (κ3) is 3.00. The van der Waals surface area contributed by atoms with E-state index < -0.39 is 11.9 Å². The molecule has 26 heavy (non-hydrogen) atoms. The van der Waals surface area contributed by atoms with Gasteiger partial charge in [0.05, 0.1) is 50.9 Å². The maximum absolute atomic E-state index is 12.2. The summed E-state index contributed by atoms with van der Waals surface area (Å²) in [5.41, 5.74) is 6.25. The molecule has 1 aromatic heterocycles. The molecule has 0 fully saturated rings. The van der Waals surface area contributed by atoms with Crippen LogP contribution in [0.15, 0.2) is 18.3 Å². The molecule has 0 unspecified atom stereocenters. The van der Waals surface area contributed by atoms with E-state index in [2.05, 4.69) is 0 Å². The number of carbonyl (C=O) groups excluding carboxylic acids is 2. The van der Waals surface area contributed by atoms with Gasteiger partial charge in [-0.05, 0) is 12.1 Å². The quantitative estimate of drug-likeness (QED) is 0.796. The van der Waals surface area contributed by atoms with E-state index in [9.17, 15) is 14.9 Å². The van der Waals surface area contributed by atoms with E-state index in [0.717, 1.165) is 0 Å². The summed E-state index contributed by atoms with van der Waals surface area (Å²) in [5, 5.41) is 9.24. The summed E-state index contributed by atoms with van der Waals surface area (Å²) in [4.78, 5) is 24.2. The van der Waals surface area contributed by atoms with Crippen molar-refractivity contribution in [3.05, 3.63) is 35.2 Å². The van der Waals surface area contributed by atoms with Crippen LogP contribution in [0.2, 0.25) is 0 Å². The molecular weight excluding hydrogens is 342 g/mol. The summed E-state index contributed by atoms with van der Waals surface area (Å²) >= 11 is 0. The van der Waals surface area contributed by atoms with E-state index in [1.807, 2.05) is 6.07 Å². The first-order chi connectivity index (χ1) is 12.4. The van der Waals surface area contributed by atoms with E-state index in [1.54, 1.807) is 0 Å². The lowest BCUT2D eigenvalue weighted by Gasteiger charge is -2.16. The zero-order chi connectivity index (χ0) is 19.4. The molecule has 0 spiro atoms. The minimum atomic E-state index is -0.756. The third-order valence-electron chi connectivity index (χ3n) is 3.68. The highest BCUT2D eigenvalue weighted by atomic mass is 16.5. The molecule has 0 atom stereocenters. The summed E-state index contributed by atoms with van der Waals surface area (Å²) < 4.78 is 21.4. The summed E-state index contributed by atoms with van der Waals surface area (Å²) in [7, 11) is 5.22. The number of hydrogen-bond acceptors (Lipinski definition) is 8. The van der Waals surface area contributed by atoms with Gasteiger partial charge in [0.2, 0.25) is 0 Å². The van der Waals surface area contributed by atoms with Gasteiger partial charge in [0.25, 0.3) is 0 Å². The van der Waals surface area contributed by atoms with Gasteiger partial charge in [0.1, 0.15) is 6.07 Å². The Bertz CT molecular complexity index is 910. The van der Waals surface area contributed by atoms with Gasteiger partial charge in [-0.15, -0.1) is 0 Å². The number of ether oxygens (including phenoxy) is 4. The SMILES string of the molecule is COC(=O)c1cc(OC)c(OC)c(-n2cc(C#N)c(N)c2C(=O)OC)c1. The number of nitrogens with zero attached hydrogens (tertiary/aromatic N) is 2. The van der Waals surface area contributed by atoms with Crippen molar-refractivity contribution in [3.63, 3.8) is 0 Å². The molecule has 0 bridgehead atoms. The van der Waals surface area contributed by atoms with Gasteiger partial charge in [-0.3, -0.25) is 0 Å². The second-order valence-corrected chi connectivity index (χ2v) is 5.00. The highest BCUT2D eigenvalue weighted by Gasteiger charge is 2.26. The second kappa shape index (κ2) is 7.48. The van der Waals surface area contributed by atoms with Gasteiger partial charge in [0, 0.05) is 6.20 Å². The number of nitrogen functional groups attached to an aromatic ring is 1. The molecule has 1 aromatic carbocycles. The molecule has 0 aliphatic rings. The minimum Gasteiger partial charge on any atom is -0.493 e. The molecule has 0 radical (unpaired) electrons. The largest absolute Gasteiger partial charge is 0.493 e. The number of aromatic nitrogens is 1. The molecule has 2 N–H and O–H groups in total. The first-order valence-electron chi connectivity index (χ1n) is 7.27. The van der Waals surface area contributed by atoms with Crippen LogP contribution in [0.3, 0.4) is 0 Å². The molecule has 9 nitrogen and oxygen atoms in total. The van der Waals surface area contributed by atoms with E-state index in [0.29, 0.717) is 0 Å². The lowest BCUT2D eigenvalue weighted by Crippen LogP contribution is -2.13. The lowest BCUT2D eigenvalue weighted by atomic mass is 10.1. The fourth-order valence-corrected chi connectivity index (χ4v) is 2.46. The van der Waals surface area contributed by atoms with E-state index in [-0.39, 0.29) is 39.7 Å². The maximum atomic E-state index is 12.2. The van der Waals surface area contributed by atoms with Crippen LogP contribution in [-0.2, 0) is 9.47 Å². The maximum Gasteiger partial charge on any atom is 0.357 e. The van der Waals surface area contributed by atoms with Crippen LogP contribution >= 0.6 is 0 Å².